The molecule has 3 nitrogen and oxygen atoms in total. The van der Waals surface area contributed by atoms with Gasteiger partial charge in [0.05, 0.1) is 26.9 Å². The molecule has 0 amide bonds. The van der Waals surface area contributed by atoms with E-state index >= 15 is 0 Å². The highest BCUT2D eigenvalue weighted by molar-refractivity contribution is 7.27. The number of halogens is 1. The van der Waals surface area contributed by atoms with E-state index < -0.39 is 0 Å². The van der Waals surface area contributed by atoms with E-state index in [9.17, 15) is 0 Å². The van der Waals surface area contributed by atoms with Crippen molar-refractivity contribution in [2.24, 2.45) is 0 Å². The lowest BCUT2D eigenvalue weighted by molar-refractivity contribution is 1.18. The number of aromatic nitrogens is 3. The van der Waals surface area contributed by atoms with Gasteiger partial charge in [-0.2, -0.15) is 0 Å². The maximum Gasteiger partial charge on any atom is 0.223 e. The van der Waals surface area contributed by atoms with Crippen LogP contribution in [0.3, 0.4) is 0 Å². The Hall–Kier alpha value is -4.81. The summed E-state index contributed by atoms with van der Waals surface area (Å²) in [5.41, 5.74) is 6.35. The molecule has 0 radical (unpaired) electrons. The Morgan fingerprint density at radius 2 is 1.14 bits per heavy atom. The molecule has 4 heterocycles. The fourth-order valence-corrected chi connectivity index (χ4v) is 9.48. The number of para-hydroxylation sites is 1. The van der Waals surface area contributed by atoms with Crippen molar-refractivity contribution in [3.63, 3.8) is 0 Å². The van der Waals surface area contributed by atoms with Gasteiger partial charge in [0.1, 0.15) is 0 Å². The zero-order valence-corrected chi connectivity index (χ0v) is 25.5. The van der Waals surface area contributed by atoms with E-state index in [1.54, 1.807) is 11.3 Å². The van der Waals surface area contributed by atoms with Gasteiger partial charge in [0, 0.05) is 57.7 Å². The molecule has 0 aliphatic carbocycles. The fourth-order valence-electron chi connectivity index (χ4n) is 6.91. The Labute approximate surface area is 264 Å². The molecule has 0 fully saturated rings. The van der Waals surface area contributed by atoms with Crippen LogP contribution in [0.15, 0.2) is 121 Å². The third kappa shape index (κ3) is 3.32. The number of thiophene rings is 2. The maximum atomic E-state index is 6.49. The van der Waals surface area contributed by atoms with E-state index in [1.165, 1.54) is 57.5 Å². The molecule has 0 atom stereocenters. The first-order chi connectivity index (χ1) is 21.7. The minimum absolute atomic E-state index is 0.265. The molecule has 0 saturated carbocycles. The smallest absolute Gasteiger partial charge is 0.223 e. The second kappa shape index (κ2) is 9.10. The molecular weight excluding hydrogens is 598 g/mol. The summed E-state index contributed by atoms with van der Waals surface area (Å²) >= 11 is 10.1. The van der Waals surface area contributed by atoms with Crippen molar-refractivity contribution in [1.82, 2.24) is 14.5 Å². The van der Waals surface area contributed by atoms with E-state index in [1.807, 2.05) is 17.4 Å². The summed E-state index contributed by atoms with van der Waals surface area (Å²) in [6, 6.07) is 43.5. The van der Waals surface area contributed by atoms with Crippen molar-refractivity contribution in [1.29, 1.82) is 0 Å². The monoisotopic (exact) mass is 617 g/mol. The first kappa shape index (κ1) is 24.6. The quantitative estimate of drug-likeness (QED) is 0.181. The molecule has 206 valence electrons. The van der Waals surface area contributed by atoms with Gasteiger partial charge < -0.3 is 4.57 Å². The Morgan fingerprint density at radius 3 is 1.93 bits per heavy atom. The predicted molar refractivity (Wildman–Crippen MR) is 190 cm³/mol. The van der Waals surface area contributed by atoms with Crippen molar-refractivity contribution in [2.45, 2.75) is 0 Å². The fraction of sp³-hybridized carbons (Fsp3) is 0. The Kier molecular flexibility index (Phi) is 5.09. The van der Waals surface area contributed by atoms with Crippen LogP contribution in [0.2, 0.25) is 5.28 Å². The Balaban J connectivity index is 1.29. The van der Waals surface area contributed by atoms with Gasteiger partial charge in [-0.3, -0.25) is 0 Å². The molecule has 4 aromatic heterocycles. The van der Waals surface area contributed by atoms with Crippen LogP contribution >= 0.6 is 34.3 Å². The standard InChI is InChI=1S/C38H20ClN3S2/c39-38-40-33(37-34(41-38)27-13-5-8-16-30(27)44-37)21-17-19-22(20-18-21)42-28-14-6-3-11-25(28)31-23-9-1-2-10-24(23)36-32(35(31)42)26-12-4-7-15-29(26)43-36/h1-20H. The molecule has 0 spiro atoms. The lowest BCUT2D eigenvalue weighted by Crippen LogP contribution is -1.95. The first-order valence-electron chi connectivity index (χ1n) is 14.5. The van der Waals surface area contributed by atoms with Gasteiger partial charge in [0.2, 0.25) is 5.28 Å². The summed E-state index contributed by atoms with van der Waals surface area (Å²) in [7, 11) is 0. The lowest BCUT2D eigenvalue weighted by Gasteiger charge is -2.12. The van der Waals surface area contributed by atoms with Crippen LogP contribution in [0, 0.1) is 0 Å². The number of fused-ring (bicyclic) bond motifs is 13. The van der Waals surface area contributed by atoms with E-state index in [2.05, 4.69) is 125 Å². The third-order valence-corrected chi connectivity index (χ3v) is 11.3. The van der Waals surface area contributed by atoms with E-state index in [0.717, 1.165) is 32.5 Å². The van der Waals surface area contributed by atoms with E-state index in [4.69, 9.17) is 16.6 Å². The van der Waals surface area contributed by atoms with Crippen LogP contribution in [-0.2, 0) is 0 Å². The lowest BCUT2D eigenvalue weighted by atomic mass is 10.00. The molecule has 44 heavy (non-hydrogen) atoms. The van der Waals surface area contributed by atoms with Gasteiger partial charge in [-0.05, 0) is 47.3 Å². The SMILES string of the molecule is Clc1nc(-c2ccc(-n3c4ccccc4c4c5ccccc5c5sc6ccccc6c5c43)cc2)c2sc3ccccc3c2n1. The van der Waals surface area contributed by atoms with Crippen molar-refractivity contribution in [2.75, 3.05) is 0 Å². The highest BCUT2D eigenvalue weighted by atomic mass is 35.5. The Morgan fingerprint density at radius 1 is 0.523 bits per heavy atom. The van der Waals surface area contributed by atoms with Crippen LogP contribution in [-0.4, -0.2) is 14.5 Å². The minimum Gasteiger partial charge on any atom is -0.309 e. The van der Waals surface area contributed by atoms with Crippen molar-refractivity contribution < 1.29 is 0 Å². The topological polar surface area (TPSA) is 30.7 Å². The van der Waals surface area contributed by atoms with E-state index in [0.29, 0.717) is 0 Å². The maximum absolute atomic E-state index is 6.49. The molecule has 10 rings (SSSR count). The van der Waals surface area contributed by atoms with Gasteiger partial charge in [-0.25, -0.2) is 9.97 Å². The molecule has 0 N–H and O–H groups in total. The third-order valence-electron chi connectivity index (χ3n) is 8.74. The highest BCUT2D eigenvalue weighted by Gasteiger charge is 2.22. The predicted octanol–water partition coefficient (Wildman–Crippen LogP) is 11.8. The molecule has 10 aromatic rings. The highest BCUT2D eigenvalue weighted by Crippen LogP contribution is 2.48. The Bertz CT molecular complexity index is 2790. The van der Waals surface area contributed by atoms with Crippen LogP contribution in [0.5, 0.6) is 0 Å². The molecule has 0 unspecified atom stereocenters. The molecule has 0 aliphatic rings. The normalized spacial score (nSPS) is 12.2. The van der Waals surface area contributed by atoms with Crippen molar-refractivity contribution in [3.05, 3.63) is 127 Å². The average molecular weight is 618 g/mol. The zero-order valence-electron chi connectivity index (χ0n) is 23.1. The summed E-state index contributed by atoms with van der Waals surface area (Å²) in [4.78, 5) is 9.33. The van der Waals surface area contributed by atoms with Crippen LogP contribution < -0.4 is 0 Å². The number of hydrogen-bond acceptors (Lipinski definition) is 4. The second-order valence-electron chi connectivity index (χ2n) is 11.1. The summed E-state index contributed by atoms with van der Waals surface area (Å²) < 4.78 is 7.32. The molecule has 0 saturated heterocycles. The van der Waals surface area contributed by atoms with E-state index in [-0.39, 0.29) is 5.28 Å². The van der Waals surface area contributed by atoms with Crippen LogP contribution in [0.4, 0.5) is 0 Å². The second-order valence-corrected chi connectivity index (χ2v) is 13.5. The van der Waals surface area contributed by atoms with Gasteiger partial charge in [0.15, 0.2) is 0 Å². The summed E-state index contributed by atoms with van der Waals surface area (Å²) in [5, 5.41) is 9.14. The number of nitrogens with zero attached hydrogens (tertiary/aromatic N) is 3. The minimum atomic E-state index is 0.265. The molecular formula is C38H20ClN3S2. The molecule has 6 heteroatoms. The van der Waals surface area contributed by atoms with Gasteiger partial charge >= 0.3 is 0 Å². The number of hydrogen-bond donors (Lipinski definition) is 0. The van der Waals surface area contributed by atoms with Crippen molar-refractivity contribution in [3.8, 4) is 16.9 Å². The summed E-state index contributed by atoms with van der Waals surface area (Å²) in [6.07, 6.45) is 0. The van der Waals surface area contributed by atoms with Gasteiger partial charge in [-0.1, -0.05) is 91.0 Å². The average Bonchev–Trinajstić information content (AvgIpc) is 3.75. The summed E-state index contributed by atoms with van der Waals surface area (Å²) in [6.45, 7) is 0. The number of benzene rings is 6. The van der Waals surface area contributed by atoms with Gasteiger partial charge in [0.25, 0.3) is 0 Å². The zero-order chi connectivity index (χ0) is 28.9. The number of rotatable bonds is 2. The first-order valence-corrected chi connectivity index (χ1v) is 16.5. The summed E-state index contributed by atoms with van der Waals surface area (Å²) in [5.74, 6) is 0. The molecule has 0 aliphatic heterocycles. The molecule has 6 aromatic carbocycles. The van der Waals surface area contributed by atoms with Gasteiger partial charge in [-0.15, -0.1) is 22.7 Å². The van der Waals surface area contributed by atoms with Crippen LogP contribution in [0.25, 0.3) is 90.0 Å². The largest absolute Gasteiger partial charge is 0.309 e. The van der Waals surface area contributed by atoms with Crippen LogP contribution in [0.1, 0.15) is 0 Å². The van der Waals surface area contributed by atoms with Crippen molar-refractivity contribution >= 4 is 107 Å². The molecule has 0 bridgehead atoms.